The standard InChI is InChI=1S/C24H26ClFO3/c1-2-4-17(5-3-6-22(27)24(29)13-14-24)23(28)18-9-7-16(8-10-18)20-15-19(26)11-12-21(20)25/h7-12,15,17,29H,2-6,13-14H2,1H3. The molecule has 0 radical (unpaired) electrons. The van der Waals surface area contributed by atoms with Crippen molar-refractivity contribution in [2.24, 2.45) is 5.92 Å². The van der Waals surface area contributed by atoms with Crippen molar-refractivity contribution in [3.05, 3.63) is 58.9 Å². The summed E-state index contributed by atoms with van der Waals surface area (Å²) in [6, 6.07) is 11.3. The molecule has 3 rings (SSSR count). The number of aliphatic hydroxyl groups is 1. The van der Waals surface area contributed by atoms with Gasteiger partial charge in [0.05, 0.1) is 0 Å². The fourth-order valence-corrected chi connectivity index (χ4v) is 3.89. The van der Waals surface area contributed by atoms with E-state index in [0.717, 1.165) is 18.4 Å². The molecular weight excluding hydrogens is 391 g/mol. The van der Waals surface area contributed by atoms with Crippen LogP contribution in [0, 0.1) is 11.7 Å². The molecule has 1 aliphatic carbocycles. The Morgan fingerprint density at radius 2 is 1.83 bits per heavy atom. The SMILES string of the molecule is CCCC(CCCC(=O)C1(O)CC1)C(=O)c1ccc(-c2cc(F)ccc2Cl)cc1. The van der Waals surface area contributed by atoms with E-state index >= 15 is 0 Å². The molecule has 1 N–H and O–H groups in total. The topological polar surface area (TPSA) is 54.4 Å². The lowest BCUT2D eigenvalue weighted by molar-refractivity contribution is -0.129. The summed E-state index contributed by atoms with van der Waals surface area (Å²) in [4.78, 5) is 24.9. The Morgan fingerprint density at radius 1 is 1.14 bits per heavy atom. The third-order valence-electron chi connectivity index (χ3n) is 5.62. The Labute approximate surface area is 175 Å². The van der Waals surface area contributed by atoms with Crippen LogP contribution >= 0.6 is 11.6 Å². The first-order chi connectivity index (χ1) is 13.8. The summed E-state index contributed by atoms with van der Waals surface area (Å²) < 4.78 is 13.5. The molecule has 154 valence electrons. The van der Waals surface area contributed by atoms with Gasteiger partial charge < -0.3 is 5.11 Å². The number of Topliss-reactive ketones (excluding diaryl/α,β-unsaturated/α-hetero) is 2. The Bertz CT molecular complexity index is 887. The molecule has 1 saturated carbocycles. The number of hydrogen-bond acceptors (Lipinski definition) is 3. The average molecular weight is 417 g/mol. The van der Waals surface area contributed by atoms with E-state index in [1.807, 2.05) is 6.92 Å². The third kappa shape index (κ3) is 5.31. The minimum Gasteiger partial charge on any atom is -0.382 e. The van der Waals surface area contributed by atoms with Crippen LogP contribution in [0.2, 0.25) is 5.02 Å². The Morgan fingerprint density at radius 3 is 2.45 bits per heavy atom. The number of hydrogen-bond donors (Lipinski definition) is 1. The van der Waals surface area contributed by atoms with Crippen LogP contribution in [0.5, 0.6) is 0 Å². The van der Waals surface area contributed by atoms with Gasteiger partial charge in [-0.15, -0.1) is 0 Å². The van der Waals surface area contributed by atoms with Gasteiger partial charge in [-0.1, -0.05) is 49.2 Å². The van der Waals surface area contributed by atoms with E-state index in [9.17, 15) is 19.1 Å². The predicted molar refractivity (Wildman–Crippen MR) is 113 cm³/mol. The maximum Gasteiger partial charge on any atom is 0.165 e. The quantitative estimate of drug-likeness (QED) is 0.482. The zero-order chi connectivity index (χ0) is 21.0. The predicted octanol–water partition coefficient (Wildman–Crippen LogP) is 6.01. The van der Waals surface area contributed by atoms with Gasteiger partial charge in [0.2, 0.25) is 0 Å². The summed E-state index contributed by atoms with van der Waals surface area (Å²) in [5.41, 5.74) is 0.860. The minimum absolute atomic E-state index is 0.0568. The van der Waals surface area contributed by atoms with Gasteiger partial charge in [-0.2, -0.15) is 0 Å². The fourth-order valence-electron chi connectivity index (χ4n) is 3.66. The Kier molecular flexibility index (Phi) is 6.86. The molecule has 2 aromatic carbocycles. The third-order valence-corrected chi connectivity index (χ3v) is 5.95. The smallest absolute Gasteiger partial charge is 0.165 e. The van der Waals surface area contributed by atoms with Crippen LogP contribution < -0.4 is 0 Å². The first-order valence-electron chi connectivity index (χ1n) is 10.2. The summed E-state index contributed by atoms with van der Waals surface area (Å²) >= 11 is 6.17. The van der Waals surface area contributed by atoms with Crippen LogP contribution in [0.15, 0.2) is 42.5 Å². The summed E-state index contributed by atoms with van der Waals surface area (Å²) in [5, 5.41) is 10.3. The van der Waals surface area contributed by atoms with Gasteiger partial charge >= 0.3 is 0 Å². The van der Waals surface area contributed by atoms with Crippen molar-refractivity contribution < 1.29 is 19.1 Å². The monoisotopic (exact) mass is 416 g/mol. The van der Waals surface area contributed by atoms with Crippen molar-refractivity contribution in [2.45, 2.75) is 57.5 Å². The molecule has 0 aromatic heterocycles. The van der Waals surface area contributed by atoms with Gasteiger partial charge in [0, 0.05) is 28.5 Å². The maximum atomic E-state index is 13.5. The van der Waals surface area contributed by atoms with Crippen LogP contribution in [0.25, 0.3) is 11.1 Å². The lowest BCUT2D eigenvalue weighted by Gasteiger charge is -2.16. The van der Waals surface area contributed by atoms with Crippen molar-refractivity contribution in [1.82, 2.24) is 0 Å². The molecule has 1 aliphatic rings. The highest BCUT2D eigenvalue weighted by Crippen LogP contribution is 2.37. The van der Waals surface area contributed by atoms with Crippen molar-refractivity contribution in [3.8, 4) is 11.1 Å². The molecule has 1 fully saturated rings. The fraction of sp³-hybridized carbons (Fsp3) is 0.417. The molecule has 3 nitrogen and oxygen atoms in total. The van der Waals surface area contributed by atoms with E-state index in [-0.39, 0.29) is 23.3 Å². The van der Waals surface area contributed by atoms with Crippen molar-refractivity contribution in [3.63, 3.8) is 0 Å². The molecule has 1 atom stereocenters. The average Bonchev–Trinajstić information content (AvgIpc) is 3.47. The molecule has 0 aliphatic heterocycles. The summed E-state index contributed by atoms with van der Waals surface area (Å²) in [6.45, 7) is 2.04. The molecule has 0 bridgehead atoms. The molecule has 2 aromatic rings. The van der Waals surface area contributed by atoms with Crippen LogP contribution in [-0.4, -0.2) is 22.3 Å². The summed E-state index contributed by atoms with van der Waals surface area (Å²) in [7, 11) is 0. The highest BCUT2D eigenvalue weighted by Gasteiger charge is 2.46. The second kappa shape index (κ2) is 9.19. The number of benzene rings is 2. The van der Waals surface area contributed by atoms with Gasteiger partial charge in [-0.3, -0.25) is 9.59 Å². The lowest BCUT2D eigenvalue weighted by Crippen LogP contribution is -2.22. The molecular formula is C24H26ClFO3. The molecule has 0 heterocycles. The Hall–Kier alpha value is -2.04. The largest absolute Gasteiger partial charge is 0.382 e. The highest BCUT2D eigenvalue weighted by atomic mass is 35.5. The molecule has 1 unspecified atom stereocenters. The van der Waals surface area contributed by atoms with Gasteiger partial charge in [0.15, 0.2) is 11.6 Å². The van der Waals surface area contributed by atoms with Crippen molar-refractivity contribution in [1.29, 1.82) is 0 Å². The van der Waals surface area contributed by atoms with Gasteiger partial charge in [-0.25, -0.2) is 4.39 Å². The van der Waals surface area contributed by atoms with Gasteiger partial charge in [0.25, 0.3) is 0 Å². The van der Waals surface area contributed by atoms with E-state index in [4.69, 9.17) is 11.6 Å². The van der Waals surface area contributed by atoms with Gasteiger partial charge in [0.1, 0.15) is 11.4 Å². The highest BCUT2D eigenvalue weighted by molar-refractivity contribution is 6.33. The van der Waals surface area contributed by atoms with Crippen LogP contribution in [0.3, 0.4) is 0 Å². The number of rotatable bonds is 10. The lowest BCUT2D eigenvalue weighted by atomic mass is 9.88. The van der Waals surface area contributed by atoms with Gasteiger partial charge in [-0.05, 0) is 55.9 Å². The minimum atomic E-state index is -1.09. The number of halogens is 2. The van der Waals surface area contributed by atoms with E-state index < -0.39 is 5.60 Å². The molecule has 29 heavy (non-hydrogen) atoms. The molecule has 0 spiro atoms. The normalized spacial score (nSPS) is 15.7. The number of ketones is 2. The first-order valence-corrected chi connectivity index (χ1v) is 10.6. The summed E-state index contributed by atoms with van der Waals surface area (Å²) in [5.74, 6) is -0.555. The van der Waals surface area contributed by atoms with E-state index in [1.165, 1.54) is 18.2 Å². The summed E-state index contributed by atoms with van der Waals surface area (Å²) in [6.07, 6.45) is 4.32. The van der Waals surface area contributed by atoms with Crippen LogP contribution in [0.4, 0.5) is 4.39 Å². The first kappa shape index (κ1) is 21.7. The van der Waals surface area contributed by atoms with Crippen molar-refractivity contribution in [2.75, 3.05) is 0 Å². The second-order valence-electron chi connectivity index (χ2n) is 7.90. The zero-order valence-electron chi connectivity index (χ0n) is 16.6. The molecule has 0 saturated heterocycles. The van der Waals surface area contributed by atoms with E-state index in [0.29, 0.717) is 48.3 Å². The van der Waals surface area contributed by atoms with Crippen LogP contribution in [0.1, 0.15) is 62.2 Å². The van der Waals surface area contributed by atoms with Crippen LogP contribution in [-0.2, 0) is 4.79 Å². The van der Waals surface area contributed by atoms with Crippen molar-refractivity contribution >= 4 is 23.2 Å². The maximum absolute atomic E-state index is 13.5. The molecule has 0 amide bonds. The zero-order valence-corrected chi connectivity index (χ0v) is 17.3. The number of carbonyl (C=O) groups excluding carboxylic acids is 2. The number of carbonyl (C=O) groups is 2. The molecule has 5 heteroatoms. The van der Waals surface area contributed by atoms with E-state index in [2.05, 4.69) is 0 Å². The second-order valence-corrected chi connectivity index (χ2v) is 8.31. The van der Waals surface area contributed by atoms with E-state index in [1.54, 1.807) is 24.3 Å². The Balaban J connectivity index is 1.66.